The molecule has 0 amide bonds. The number of hydrogen-bond acceptors (Lipinski definition) is 5. The van der Waals surface area contributed by atoms with Crippen LogP contribution in [0.1, 0.15) is 48.9 Å². The number of carboxylic acid groups (broad SMARTS) is 1. The molecule has 4 fully saturated rings. The van der Waals surface area contributed by atoms with E-state index in [0.717, 1.165) is 25.3 Å². The van der Waals surface area contributed by atoms with Gasteiger partial charge in [-0.25, -0.2) is 9.18 Å². The van der Waals surface area contributed by atoms with Crippen molar-refractivity contribution in [3.63, 3.8) is 0 Å². The quantitative estimate of drug-likeness (QED) is 0.375. The van der Waals surface area contributed by atoms with Crippen molar-refractivity contribution in [2.75, 3.05) is 11.1 Å². The second-order valence-corrected chi connectivity index (χ2v) is 10.7. The molecule has 8 heteroatoms. The maximum atomic E-state index is 15.7. The van der Waals surface area contributed by atoms with Gasteiger partial charge in [-0.2, -0.15) is 0 Å². The molecule has 1 aromatic heterocycles. The first-order valence-corrected chi connectivity index (χ1v) is 11.8. The number of aromatic carboxylic acids is 1. The molecule has 2 aromatic carbocycles. The third-order valence-corrected chi connectivity index (χ3v) is 8.31. The fourth-order valence-electron chi connectivity index (χ4n) is 7.43. The molecule has 8 rings (SSSR count). The molecule has 4 N–H and O–H groups in total. The van der Waals surface area contributed by atoms with E-state index in [2.05, 4.69) is 5.32 Å². The Bertz CT molecular complexity index is 1440. The molecule has 4 bridgehead atoms. The Morgan fingerprint density at radius 3 is 2.47 bits per heavy atom. The molecule has 0 spiro atoms. The number of benzene rings is 2. The lowest BCUT2D eigenvalue weighted by atomic mass is 9.53. The molecule has 1 aliphatic heterocycles. The van der Waals surface area contributed by atoms with E-state index < -0.39 is 22.8 Å². The smallest absolute Gasteiger partial charge is 0.341 e. The highest BCUT2D eigenvalue weighted by atomic mass is 19.1. The van der Waals surface area contributed by atoms with E-state index in [1.165, 1.54) is 25.5 Å². The zero-order valence-electron chi connectivity index (χ0n) is 18.4. The van der Waals surface area contributed by atoms with Crippen LogP contribution in [0.25, 0.3) is 16.6 Å². The summed E-state index contributed by atoms with van der Waals surface area (Å²) in [5, 5.41) is 13.2. The molecule has 34 heavy (non-hydrogen) atoms. The van der Waals surface area contributed by atoms with Crippen molar-refractivity contribution in [1.29, 1.82) is 0 Å². The number of nitrogens with two attached hydrogens (primary N) is 1. The van der Waals surface area contributed by atoms with Crippen LogP contribution in [0.2, 0.25) is 0 Å². The number of aromatic nitrogens is 1. The summed E-state index contributed by atoms with van der Waals surface area (Å²) in [5.41, 5.74) is 6.23. The summed E-state index contributed by atoms with van der Waals surface area (Å²) < 4.78 is 23.5. The average molecular weight is 461 g/mol. The van der Waals surface area contributed by atoms with Crippen LogP contribution in [0.4, 0.5) is 15.8 Å². The van der Waals surface area contributed by atoms with E-state index in [1.807, 2.05) is 0 Å². The maximum absolute atomic E-state index is 15.7. The van der Waals surface area contributed by atoms with Crippen LogP contribution < -0.4 is 21.2 Å². The van der Waals surface area contributed by atoms with Gasteiger partial charge in [-0.3, -0.25) is 4.79 Å². The SMILES string of the molecule is Nc1ccc2c(c1)Oc1c(NC34CC5CC(CC(C5)C3)C4)c(F)cc3c(=O)c(C(=O)O)cn-2c13. The number of hydrogen-bond donors (Lipinski definition) is 3. The van der Waals surface area contributed by atoms with E-state index in [-0.39, 0.29) is 22.4 Å². The second-order valence-electron chi connectivity index (χ2n) is 10.7. The van der Waals surface area contributed by atoms with Gasteiger partial charge in [0.1, 0.15) is 16.8 Å². The van der Waals surface area contributed by atoms with E-state index >= 15 is 4.39 Å². The van der Waals surface area contributed by atoms with Crippen molar-refractivity contribution < 1.29 is 19.0 Å². The predicted octanol–water partition coefficient (Wildman–Crippen LogP) is 4.90. The molecular formula is C26H24FN3O4. The molecule has 174 valence electrons. The van der Waals surface area contributed by atoms with Gasteiger partial charge in [-0.15, -0.1) is 0 Å². The first-order chi connectivity index (χ1) is 16.3. The number of rotatable bonds is 3. The zero-order valence-corrected chi connectivity index (χ0v) is 18.4. The van der Waals surface area contributed by atoms with Gasteiger partial charge in [0.15, 0.2) is 17.3 Å². The number of nitrogen functional groups attached to an aromatic ring is 1. The van der Waals surface area contributed by atoms with Crippen molar-refractivity contribution in [3.05, 3.63) is 52.1 Å². The van der Waals surface area contributed by atoms with Gasteiger partial charge in [-0.05, 0) is 74.5 Å². The number of anilines is 2. The lowest BCUT2D eigenvalue weighted by molar-refractivity contribution is 0.0105. The van der Waals surface area contributed by atoms with E-state index in [0.29, 0.717) is 40.4 Å². The highest BCUT2D eigenvalue weighted by Gasteiger charge is 2.51. The molecule has 0 radical (unpaired) electrons. The Hall–Kier alpha value is -3.55. The lowest BCUT2D eigenvalue weighted by Crippen LogP contribution is -2.55. The highest BCUT2D eigenvalue weighted by molar-refractivity contribution is 5.99. The maximum Gasteiger partial charge on any atom is 0.341 e. The molecule has 0 unspecified atom stereocenters. The Balaban J connectivity index is 1.47. The Kier molecular flexibility index (Phi) is 3.81. The van der Waals surface area contributed by atoms with Gasteiger partial charge in [0.2, 0.25) is 5.43 Å². The van der Waals surface area contributed by atoms with Crippen molar-refractivity contribution in [2.45, 2.75) is 44.1 Å². The number of pyridine rings is 1. The van der Waals surface area contributed by atoms with Crippen molar-refractivity contribution in [2.24, 2.45) is 17.8 Å². The number of ether oxygens (including phenoxy) is 1. The van der Waals surface area contributed by atoms with Crippen LogP contribution in [0.5, 0.6) is 11.5 Å². The molecule has 4 saturated carbocycles. The molecule has 3 aromatic rings. The summed E-state index contributed by atoms with van der Waals surface area (Å²) in [6.45, 7) is 0. The third-order valence-electron chi connectivity index (χ3n) is 8.31. The molecule has 2 heterocycles. The summed E-state index contributed by atoms with van der Waals surface area (Å²) in [6.07, 6.45) is 8.08. The molecular weight excluding hydrogens is 437 g/mol. The van der Waals surface area contributed by atoms with Crippen molar-refractivity contribution in [3.8, 4) is 17.2 Å². The van der Waals surface area contributed by atoms with E-state index in [4.69, 9.17) is 10.5 Å². The van der Waals surface area contributed by atoms with Gasteiger partial charge >= 0.3 is 5.97 Å². The molecule has 0 atom stereocenters. The van der Waals surface area contributed by atoms with Crippen LogP contribution in [0, 0.1) is 23.6 Å². The molecule has 7 nitrogen and oxygen atoms in total. The minimum Gasteiger partial charge on any atom is -0.477 e. The van der Waals surface area contributed by atoms with E-state index in [9.17, 15) is 14.7 Å². The van der Waals surface area contributed by atoms with Gasteiger partial charge < -0.3 is 25.5 Å². The Labute approximate surface area is 194 Å². The standard InChI is InChI=1S/C26H24FN3O4/c27-18-7-16-22-24(21(18)29-26-8-12-3-13(9-26)5-14(4-12)10-26)34-20-6-15(28)1-2-19(20)30(22)11-17(23(16)31)25(32)33/h1-2,6-7,11-14,29H,3-5,8-10,28H2,(H,32,33). The molecule has 4 aliphatic carbocycles. The molecule has 5 aliphatic rings. The number of fused-ring (bicyclic) bond motifs is 2. The zero-order chi connectivity index (χ0) is 23.4. The summed E-state index contributed by atoms with van der Waals surface area (Å²) in [7, 11) is 0. The first-order valence-electron chi connectivity index (χ1n) is 11.8. The van der Waals surface area contributed by atoms with Gasteiger partial charge in [0.05, 0.1) is 11.1 Å². The Morgan fingerprint density at radius 1 is 1.15 bits per heavy atom. The number of carbonyl (C=O) groups is 1. The number of carboxylic acids is 1. The predicted molar refractivity (Wildman–Crippen MR) is 125 cm³/mol. The fourth-order valence-corrected chi connectivity index (χ4v) is 7.43. The van der Waals surface area contributed by atoms with Crippen LogP contribution >= 0.6 is 0 Å². The average Bonchev–Trinajstić information content (AvgIpc) is 2.76. The summed E-state index contributed by atoms with van der Waals surface area (Å²) in [5.74, 6) is 0.601. The summed E-state index contributed by atoms with van der Waals surface area (Å²) in [4.78, 5) is 24.8. The van der Waals surface area contributed by atoms with Crippen molar-refractivity contribution >= 4 is 28.2 Å². The largest absolute Gasteiger partial charge is 0.477 e. The van der Waals surface area contributed by atoms with E-state index in [1.54, 1.807) is 22.8 Å². The van der Waals surface area contributed by atoms with Crippen LogP contribution in [0.15, 0.2) is 35.3 Å². The minimum atomic E-state index is -1.36. The Morgan fingerprint density at radius 2 is 1.82 bits per heavy atom. The second kappa shape index (κ2) is 6.52. The summed E-state index contributed by atoms with van der Waals surface area (Å²) >= 11 is 0. The number of nitrogens with zero attached hydrogens (tertiary/aromatic N) is 1. The molecule has 0 saturated heterocycles. The minimum absolute atomic E-state index is 0.0223. The highest BCUT2D eigenvalue weighted by Crippen LogP contribution is 2.58. The monoisotopic (exact) mass is 461 g/mol. The third kappa shape index (κ3) is 2.68. The van der Waals surface area contributed by atoms with Gasteiger partial charge in [-0.1, -0.05) is 0 Å². The number of nitrogens with one attached hydrogen (secondary N) is 1. The van der Waals surface area contributed by atoms with Crippen LogP contribution in [-0.4, -0.2) is 21.2 Å². The fraction of sp³-hybridized carbons (Fsp3) is 0.385. The van der Waals surface area contributed by atoms with Gasteiger partial charge in [0, 0.05) is 23.5 Å². The van der Waals surface area contributed by atoms with Crippen molar-refractivity contribution in [1.82, 2.24) is 4.57 Å². The first kappa shape index (κ1) is 19.9. The van der Waals surface area contributed by atoms with Crippen LogP contribution in [0.3, 0.4) is 0 Å². The van der Waals surface area contributed by atoms with Crippen LogP contribution in [-0.2, 0) is 0 Å². The lowest BCUT2D eigenvalue weighted by Gasteiger charge is -2.57. The number of halogens is 1. The van der Waals surface area contributed by atoms with Gasteiger partial charge in [0.25, 0.3) is 0 Å². The topological polar surface area (TPSA) is 107 Å². The summed E-state index contributed by atoms with van der Waals surface area (Å²) in [6, 6.07) is 6.16. The normalized spacial score (nSPS) is 28.0.